The minimum absolute atomic E-state index is 0.279. The van der Waals surface area contributed by atoms with E-state index in [1.54, 1.807) is 30.3 Å². The second-order valence-corrected chi connectivity index (χ2v) is 5.75. The molecule has 3 aromatic rings. The summed E-state index contributed by atoms with van der Waals surface area (Å²) in [6.45, 7) is 0. The zero-order valence-corrected chi connectivity index (χ0v) is 13.3. The Labute approximate surface area is 143 Å². The zero-order valence-electron chi connectivity index (χ0n) is 12.5. The molecule has 5 nitrogen and oxygen atoms in total. The number of aromatic nitrogens is 2. The van der Waals surface area contributed by atoms with Crippen LogP contribution in [0.4, 0.5) is 18.9 Å². The number of nitrogens with zero attached hydrogens (tertiary/aromatic N) is 2. The van der Waals surface area contributed by atoms with Crippen LogP contribution in [0.2, 0.25) is 0 Å². The molecule has 1 atom stereocenters. The minimum atomic E-state index is -4.57. The number of halogens is 3. The first-order valence-corrected chi connectivity index (χ1v) is 8.11. The Kier molecular flexibility index (Phi) is 4.60. The first-order chi connectivity index (χ1) is 11.8. The second-order valence-electron chi connectivity index (χ2n) is 5.07. The highest BCUT2D eigenvalue weighted by Crippen LogP contribution is 2.33. The fourth-order valence-corrected chi connectivity index (χ4v) is 2.63. The molecule has 0 aliphatic carbocycles. The summed E-state index contributed by atoms with van der Waals surface area (Å²) < 4.78 is 63.8. The zero-order chi connectivity index (χ0) is 18.0. The largest absolute Gasteiger partial charge is 0.755 e. The number of rotatable bonds is 4. The van der Waals surface area contributed by atoms with Gasteiger partial charge >= 0.3 is 6.18 Å². The molecule has 9 heteroatoms. The summed E-state index contributed by atoms with van der Waals surface area (Å²) in [5.41, 5.74) is 0.516. The van der Waals surface area contributed by atoms with Gasteiger partial charge in [-0.3, -0.25) is 4.21 Å². The number of hydrogen-bond acceptors (Lipinski definition) is 3. The summed E-state index contributed by atoms with van der Waals surface area (Å²) in [5.74, 6) is 0. The van der Waals surface area contributed by atoms with Crippen molar-refractivity contribution in [2.24, 2.45) is 0 Å². The third-order valence-corrected chi connectivity index (χ3v) is 3.78. The summed E-state index contributed by atoms with van der Waals surface area (Å²) >= 11 is -2.48. The molecule has 1 unspecified atom stereocenters. The van der Waals surface area contributed by atoms with Crippen molar-refractivity contribution in [3.8, 4) is 16.9 Å². The Hall–Kier alpha value is -2.65. The fourth-order valence-electron chi connectivity index (χ4n) is 2.30. The van der Waals surface area contributed by atoms with Gasteiger partial charge in [0.15, 0.2) is 5.69 Å². The summed E-state index contributed by atoms with van der Waals surface area (Å²) in [5, 5.41) is 3.67. The summed E-state index contributed by atoms with van der Waals surface area (Å²) in [4.78, 5) is 0. The van der Waals surface area contributed by atoms with Gasteiger partial charge in [0, 0.05) is 22.5 Å². The molecule has 130 valence electrons. The van der Waals surface area contributed by atoms with Gasteiger partial charge in [0.25, 0.3) is 0 Å². The van der Waals surface area contributed by atoms with Crippen molar-refractivity contribution in [3.63, 3.8) is 0 Å². The van der Waals surface area contributed by atoms with Gasteiger partial charge in [-0.15, -0.1) is 0 Å². The summed E-state index contributed by atoms with van der Waals surface area (Å²) in [6.07, 6.45) is -4.57. The lowest BCUT2D eigenvalue weighted by Crippen LogP contribution is -2.07. The van der Waals surface area contributed by atoms with E-state index >= 15 is 0 Å². The molecule has 0 spiro atoms. The molecule has 0 saturated carbocycles. The topological polar surface area (TPSA) is 70.0 Å². The van der Waals surface area contributed by atoms with Crippen LogP contribution in [0.1, 0.15) is 5.69 Å². The lowest BCUT2D eigenvalue weighted by Gasteiger charge is -2.11. The molecule has 0 fully saturated rings. The van der Waals surface area contributed by atoms with E-state index in [-0.39, 0.29) is 5.69 Å². The number of hydrogen-bond donors (Lipinski definition) is 1. The molecule has 0 radical (unpaired) electrons. The molecule has 0 amide bonds. The molecule has 0 aliphatic rings. The number of alkyl halides is 3. The van der Waals surface area contributed by atoms with Crippen LogP contribution in [-0.2, 0) is 17.4 Å². The molecule has 1 heterocycles. The predicted molar refractivity (Wildman–Crippen MR) is 86.5 cm³/mol. The maximum absolute atomic E-state index is 13.1. The van der Waals surface area contributed by atoms with E-state index in [2.05, 4.69) is 9.82 Å². The average Bonchev–Trinajstić information content (AvgIpc) is 3.01. The van der Waals surface area contributed by atoms with Gasteiger partial charge in [-0.05, 0) is 30.3 Å². The summed E-state index contributed by atoms with van der Waals surface area (Å²) in [6, 6.07) is 15.4. The van der Waals surface area contributed by atoms with Gasteiger partial charge in [-0.25, -0.2) is 4.68 Å². The van der Waals surface area contributed by atoms with E-state index in [1.165, 1.54) is 28.9 Å². The second kappa shape index (κ2) is 6.69. The van der Waals surface area contributed by atoms with Crippen molar-refractivity contribution >= 4 is 17.0 Å². The SMILES string of the molecule is O=S([O-])Nc1ccc(-n2nc(C(F)(F)F)cc2-c2ccccc2)cc1. The Bertz CT molecular complexity index is 893. The van der Waals surface area contributed by atoms with Crippen molar-refractivity contribution in [2.45, 2.75) is 6.18 Å². The maximum Gasteiger partial charge on any atom is 0.435 e. The third kappa shape index (κ3) is 3.89. The normalized spacial score (nSPS) is 12.8. The quantitative estimate of drug-likeness (QED) is 0.715. The Morgan fingerprint density at radius 2 is 1.68 bits per heavy atom. The van der Waals surface area contributed by atoms with Crippen LogP contribution in [0.3, 0.4) is 0 Å². The summed E-state index contributed by atoms with van der Waals surface area (Å²) in [7, 11) is 0. The van der Waals surface area contributed by atoms with Crippen molar-refractivity contribution in [1.82, 2.24) is 9.78 Å². The molecule has 1 aromatic heterocycles. The van der Waals surface area contributed by atoms with Crippen molar-refractivity contribution in [3.05, 3.63) is 66.4 Å². The van der Waals surface area contributed by atoms with E-state index < -0.39 is 23.1 Å². The number of nitrogens with one attached hydrogen (secondary N) is 1. The lowest BCUT2D eigenvalue weighted by atomic mass is 10.1. The van der Waals surface area contributed by atoms with Gasteiger partial charge in [0.2, 0.25) is 0 Å². The van der Waals surface area contributed by atoms with E-state index in [4.69, 9.17) is 0 Å². The van der Waals surface area contributed by atoms with E-state index in [1.807, 2.05) is 0 Å². The van der Waals surface area contributed by atoms with Gasteiger partial charge in [-0.1, -0.05) is 30.3 Å². The Morgan fingerprint density at radius 3 is 2.24 bits per heavy atom. The fraction of sp³-hybridized carbons (Fsp3) is 0.0625. The molecule has 0 bridgehead atoms. The molecule has 2 aromatic carbocycles. The third-order valence-electron chi connectivity index (χ3n) is 3.38. The minimum Gasteiger partial charge on any atom is -0.755 e. The van der Waals surface area contributed by atoms with Crippen molar-refractivity contribution in [1.29, 1.82) is 0 Å². The molecule has 25 heavy (non-hydrogen) atoms. The molecule has 0 aliphatic heterocycles. The van der Waals surface area contributed by atoms with Crippen LogP contribution in [-0.4, -0.2) is 18.5 Å². The monoisotopic (exact) mass is 366 g/mol. The van der Waals surface area contributed by atoms with Crippen LogP contribution >= 0.6 is 0 Å². The molecule has 0 saturated heterocycles. The first-order valence-electron chi connectivity index (χ1n) is 7.03. The van der Waals surface area contributed by atoms with Gasteiger partial charge in [0.05, 0.1) is 11.4 Å². The number of anilines is 1. The number of benzene rings is 2. The predicted octanol–water partition coefficient (Wildman–Crippen LogP) is 3.76. The average molecular weight is 366 g/mol. The standard InChI is InChI=1S/C16H12F3N3O2S/c17-16(18,19)15-10-14(11-4-2-1-3-5-11)22(20-15)13-8-6-12(7-9-13)21-25(23)24/h1-10,21H,(H,23,24)/p-1. The van der Waals surface area contributed by atoms with Crippen LogP contribution in [0.25, 0.3) is 16.9 Å². The Balaban J connectivity index is 2.08. The highest BCUT2D eigenvalue weighted by atomic mass is 32.2. The van der Waals surface area contributed by atoms with E-state index in [0.29, 0.717) is 16.9 Å². The smallest absolute Gasteiger partial charge is 0.435 e. The first kappa shape index (κ1) is 17.2. The molecule has 3 rings (SSSR count). The van der Waals surface area contributed by atoms with Gasteiger partial charge < -0.3 is 9.27 Å². The van der Waals surface area contributed by atoms with Crippen LogP contribution < -0.4 is 4.72 Å². The molecular formula is C16H11F3N3O2S-. The van der Waals surface area contributed by atoms with Crippen molar-refractivity contribution in [2.75, 3.05) is 4.72 Å². The highest BCUT2D eigenvalue weighted by molar-refractivity contribution is 7.80. The van der Waals surface area contributed by atoms with Gasteiger partial charge in [0.1, 0.15) is 0 Å². The van der Waals surface area contributed by atoms with Crippen molar-refractivity contribution < 1.29 is 21.9 Å². The van der Waals surface area contributed by atoms with E-state index in [9.17, 15) is 21.9 Å². The van der Waals surface area contributed by atoms with Crippen LogP contribution in [0.5, 0.6) is 0 Å². The molecule has 1 N–H and O–H groups in total. The van der Waals surface area contributed by atoms with Gasteiger partial charge in [-0.2, -0.15) is 18.3 Å². The van der Waals surface area contributed by atoms with Crippen LogP contribution in [0, 0.1) is 0 Å². The maximum atomic E-state index is 13.1. The highest BCUT2D eigenvalue weighted by Gasteiger charge is 2.35. The van der Waals surface area contributed by atoms with E-state index in [0.717, 1.165) is 6.07 Å². The Morgan fingerprint density at radius 1 is 1.04 bits per heavy atom. The van der Waals surface area contributed by atoms with Crippen LogP contribution in [0.15, 0.2) is 60.7 Å². The lowest BCUT2D eigenvalue weighted by molar-refractivity contribution is -0.141. The molecular weight excluding hydrogens is 355 g/mol.